The summed E-state index contributed by atoms with van der Waals surface area (Å²) in [5.41, 5.74) is 0.738. The van der Waals surface area contributed by atoms with Crippen LogP contribution in [-0.2, 0) is 17.5 Å². The Morgan fingerprint density at radius 2 is 1.66 bits per heavy atom. The highest BCUT2D eigenvalue weighted by Crippen LogP contribution is 2.44. The number of carbonyl (C=O) groups excluding carboxylic acids is 2. The molecule has 0 saturated carbocycles. The molecule has 3 aromatic carbocycles. The van der Waals surface area contributed by atoms with Gasteiger partial charge in [0.05, 0.1) is 16.9 Å². The number of para-hydroxylation sites is 1. The molecule has 1 saturated heterocycles. The normalized spacial score (nSPS) is 19.8. The lowest BCUT2D eigenvalue weighted by molar-refractivity contribution is -0.137. The number of halogens is 6. The molecule has 1 aromatic heterocycles. The molecule has 6 rings (SSSR count). The van der Waals surface area contributed by atoms with Gasteiger partial charge in [0.2, 0.25) is 0 Å². The van der Waals surface area contributed by atoms with Crippen LogP contribution >= 0.6 is 0 Å². The number of rotatable bonds is 7. The minimum absolute atomic E-state index is 0.104. The largest absolute Gasteiger partial charge is 0.416 e. The van der Waals surface area contributed by atoms with Crippen LogP contribution in [0.5, 0.6) is 0 Å². The fraction of sp³-hybridized carbons (Fsp3) is 0.324. The number of hydrogen-bond acceptors (Lipinski definition) is 4. The number of fused-ring (bicyclic) bond motifs is 1. The number of alkyl halides is 5. The van der Waals surface area contributed by atoms with Crippen LogP contribution in [0.1, 0.15) is 58.4 Å². The molecule has 0 unspecified atom stereocenters. The van der Waals surface area contributed by atoms with Crippen molar-refractivity contribution in [1.29, 1.82) is 0 Å². The molecule has 13 heteroatoms. The summed E-state index contributed by atoms with van der Waals surface area (Å²) in [7, 11) is 0. The Kier molecular flexibility index (Phi) is 8.60. The molecule has 1 N–H and O–H groups in total. The molecule has 47 heavy (non-hydrogen) atoms. The summed E-state index contributed by atoms with van der Waals surface area (Å²) in [6, 6.07) is 17.0. The topological polar surface area (TPSA) is 70.5 Å². The lowest BCUT2D eigenvalue weighted by Gasteiger charge is -2.39. The second-order valence-electron chi connectivity index (χ2n) is 11.7. The SMILES string of the molecule is CCN1C(=O)[C@@H](NC(=O)c2cccc(C(F)(F)F)c2)[C@@H](c2ccc(F)cc2)c2c(CN3CCC(F)(F)CC3)nn(-c3ccccc3)c21. The zero-order valence-corrected chi connectivity index (χ0v) is 25.3. The molecule has 0 bridgehead atoms. The Balaban J connectivity index is 1.50. The quantitative estimate of drug-likeness (QED) is 0.229. The molecule has 0 radical (unpaired) electrons. The van der Waals surface area contributed by atoms with Crippen molar-refractivity contribution in [3.05, 3.63) is 113 Å². The summed E-state index contributed by atoms with van der Waals surface area (Å²) in [5.74, 6) is -5.31. The predicted octanol–water partition coefficient (Wildman–Crippen LogP) is 6.56. The highest BCUT2D eigenvalue weighted by molar-refractivity contribution is 6.05. The van der Waals surface area contributed by atoms with Crippen molar-refractivity contribution in [2.45, 2.75) is 50.4 Å². The lowest BCUT2D eigenvalue weighted by atomic mass is 9.80. The van der Waals surface area contributed by atoms with Crippen molar-refractivity contribution in [3.63, 3.8) is 0 Å². The van der Waals surface area contributed by atoms with Gasteiger partial charge in [0.1, 0.15) is 17.7 Å². The summed E-state index contributed by atoms with van der Waals surface area (Å²) < 4.78 is 84.3. The van der Waals surface area contributed by atoms with Crippen molar-refractivity contribution in [1.82, 2.24) is 20.0 Å². The Bertz CT molecular complexity index is 1760. The summed E-state index contributed by atoms with van der Waals surface area (Å²) in [5, 5.41) is 7.59. The molecule has 1 fully saturated rings. The van der Waals surface area contributed by atoms with Gasteiger partial charge in [-0.2, -0.15) is 18.3 Å². The van der Waals surface area contributed by atoms with E-state index in [1.807, 2.05) is 11.0 Å². The van der Waals surface area contributed by atoms with Crippen LogP contribution in [0.3, 0.4) is 0 Å². The first-order valence-corrected chi connectivity index (χ1v) is 15.2. The summed E-state index contributed by atoms with van der Waals surface area (Å²) in [6.07, 6.45) is -5.35. The number of carbonyl (C=O) groups is 2. The van der Waals surface area contributed by atoms with Gasteiger partial charge in [0, 0.05) is 56.1 Å². The molecule has 0 spiro atoms. The standard InChI is InChI=1S/C34H31F6N5O2/c1-2-44-31-28(26(20-43-17-15-33(36,37)16-18-43)42-45(31)25-9-4-3-5-10-25)27(21-11-13-24(35)14-12-21)29(32(44)47)41-30(46)22-7-6-8-23(19-22)34(38,39)40/h3-14,19,27,29H,2,15-18,20H2,1H3,(H,41,46)/t27-,29-/m0/s1. The highest BCUT2D eigenvalue weighted by Gasteiger charge is 2.47. The molecule has 246 valence electrons. The van der Waals surface area contributed by atoms with Gasteiger partial charge in [0.15, 0.2) is 0 Å². The first-order chi connectivity index (χ1) is 22.4. The number of nitrogens with zero attached hydrogens (tertiary/aromatic N) is 4. The molecule has 4 aromatic rings. The first-order valence-electron chi connectivity index (χ1n) is 15.2. The van der Waals surface area contributed by atoms with Gasteiger partial charge in [0.25, 0.3) is 17.7 Å². The number of nitrogens with one attached hydrogen (secondary N) is 1. The lowest BCUT2D eigenvalue weighted by Crippen LogP contribution is -2.55. The summed E-state index contributed by atoms with van der Waals surface area (Å²) >= 11 is 0. The van der Waals surface area contributed by atoms with Crippen molar-refractivity contribution in [2.24, 2.45) is 0 Å². The van der Waals surface area contributed by atoms with Crippen LogP contribution in [0.2, 0.25) is 0 Å². The number of hydrogen-bond donors (Lipinski definition) is 1. The number of amides is 2. The molecular weight excluding hydrogens is 624 g/mol. The smallest absolute Gasteiger partial charge is 0.339 e. The molecule has 2 aliphatic rings. The van der Waals surface area contributed by atoms with E-state index in [4.69, 9.17) is 5.10 Å². The Labute approximate surface area is 266 Å². The summed E-state index contributed by atoms with van der Waals surface area (Å²) in [4.78, 5) is 31.2. The first kappa shape index (κ1) is 32.3. The monoisotopic (exact) mass is 655 g/mol. The van der Waals surface area contributed by atoms with Crippen molar-refractivity contribution >= 4 is 17.6 Å². The molecule has 7 nitrogen and oxygen atoms in total. The zero-order valence-electron chi connectivity index (χ0n) is 25.3. The van der Waals surface area contributed by atoms with Crippen molar-refractivity contribution in [3.8, 4) is 5.69 Å². The van der Waals surface area contributed by atoms with E-state index in [1.54, 1.807) is 35.9 Å². The van der Waals surface area contributed by atoms with E-state index in [0.717, 1.165) is 12.1 Å². The maximum Gasteiger partial charge on any atom is 0.416 e. The third-order valence-corrected chi connectivity index (χ3v) is 8.65. The Morgan fingerprint density at radius 1 is 0.979 bits per heavy atom. The van der Waals surface area contributed by atoms with E-state index in [9.17, 15) is 35.9 Å². The average molecular weight is 656 g/mol. The Hall–Kier alpha value is -4.65. The third kappa shape index (κ3) is 6.49. The van der Waals surface area contributed by atoms with Gasteiger partial charge < -0.3 is 5.32 Å². The van der Waals surface area contributed by atoms with Gasteiger partial charge in [-0.3, -0.25) is 19.4 Å². The van der Waals surface area contributed by atoms with E-state index >= 15 is 0 Å². The Morgan fingerprint density at radius 3 is 2.30 bits per heavy atom. The molecule has 2 atom stereocenters. The number of likely N-dealkylation sites (tertiary alicyclic amines) is 1. The molecule has 2 amide bonds. The van der Waals surface area contributed by atoms with Crippen LogP contribution < -0.4 is 10.2 Å². The van der Waals surface area contributed by atoms with Crippen molar-refractivity contribution in [2.75, 3.05) is 24.5 Å². The molecule has 2 aliphatic heterocycles. The fourth-order valence-corrected chi connectivity index (χ4v) is 6.28. The zero-order chi connectivity index (χ0) is 33.5. The third-order valence-electron chi connectivity index (χ3n) is 8.65. The molecule has 3 heterocycles. The van der Waals surface area contributed by atoms with Gasteiger partial charge in [-0.15, -0.1) is 0 Å². The maximum atomic E-state index is 14.3. The summed E-state index contributed by atoms with van der Waals surface area (Å²) in [6.45, 7) is 2.24. The number of piperidine rings is 1. The molecular formula is C34H31F6N5O2. The van der Waals surface area contributed by atoms with E-state index in [-0.39, 0.29) is 44.6 Å². The van der Waals surface area contributed by atoms with E-state index in [1.165, 1.54) is 35.2 Å². The number of benzene rings is 3. The van der Waals surface area contributed by atoms with Crippen LogP contribution in [0, 0.1) is 5.82 Å². The maximum absolute atomic E-state index is 14.3. The van der Waals surface area contributed by atoms with Gasteiger partial charge in [-0.05, 0) is 55.0 Å². The minimum atomic E-state index is -4.69. The second-order valence-corrected chi connectivity index (χ2v) is 11.7. The van der Waals surface area contributed by atoms with Crippen LogP contribution in [0.15, 0.2) is 78.9 Å². The highest BCUT2D eigenvalue weighted by atomic mass is 19.4. The van der Waals surface area contributed by atoms with Gasteiger partial charge in [-0.25, -0.2) is 17.9 Å². The van der Waals surface area contributed by atoms with Gasteiger partial charge in [-0.1, -0.05) is 36.4 Å². The van der Waals surface area contributed by atoms with Gasteiger partial charge >= 0.3 is 6.18 Å². The number of likely N-dealkylation sites (N-methyl/N-ethyl adjacent to an activating group) is 1. The van der Waals surface area contributed by atoms with Crippen LogP contribution in [-0.4, -0.2) is 58.1 Å². The predicted molar refractivity (Wildman–Crippen MR) is 162 cm³/mol. The average Bonchev–Trinajstić information content (AvgIpc) is 3.41. The van der Waals surface area contributed by atoms with E-state index in [0.29, 0.717) is 34.4 Å². The van der Waals surface area contributed by atoms with E-state index in [2.05, 4.69) is 5.32 Å². The van der Waals surface area contributed by atoms with E-state index < -0.39 is 47.3 Å². The minimum Gasteiger partial charge on any atom is -0.339 e. The number of anilines is 1. The van der Waals surface area contributed by atoms with Crippen LogP contribution in [0.25, 0.3) is 5.69 Å². The fourth-order valence-electron chi connectivity index (χ4n) is 6.28. The van der Waals surface area contributed by atoms with Crippen molar-refractivity contribution < 1.29 is 35.9 Å². The van der Waals surface area contributed by atoms with Crippen LogP contribution in [0.4, 0.5) is 32.2 Å². The molecule has 0 aliphatic carbocycles. The number of aromatic nitrogens is 2. The second kappa shape index (κ2) is 12.5.